The molecular formula is C17H16N4O3. The molecule has 1 amide bonds. The number of aryl methyl sites for hydroxylation is 1. The average Bonchev–Trinajstić information content (AvgIpc) is 2.91. The number of carbonyl (C=O) groups is 2. The highest BCUT2D eigenvalue weighted by Gasteiger charge is 2.25. The number of hydrogen-bond acceptors (Lipinski definition) is 4. The third-order valence-corrected chi connectivity index (χ3v) is 3.73. The van der Waals surface area contributed by atoms with E-state index in [1.165, 1.54) is 11.8 Å². The molecule has 0 bridgehead atoms. The van der Waals surface area contributed by atoms with Crippen molar-refractivity contribution in [2.24, 2.45) is 0 Å². The molecule has 0 aliphatic heterocycles. The van der Waals surface area contributed by atoms with E-state index in [-0.39, 0.29) is 5.91 Å². The number of anilines is 1. The summed E-state index contributed by atoms with van der Waals surface area (Å²) in [6, 6.07) is 7.63. The van der Waals surface area contributed by atoms with Crippen LogP contribution in [0.1, 0.15) is 12.5 Å². The topological polar surface area (TPSA) is 87.8 Å². The van der Waals surface area contributed by atoms with Crippen molar-refractivity contribution >= 4 is 23.3 Å². The molecule has 0 fully saturated rings. The van der Waals surface area contributed by atoms with Crippen LogP contribution in [0.5, 0.6) is 0 Å². The highest BCUT2D eigenvalue weighted by atomic mass is 16.4. The lowest BCUT2D eigenvalue weighted by atomic mass is 10.1. The Morgan fingerprint density at radius 1 is 1.29 bits per heavy atom. The minimum absolute atomic E-state index is 0.370. The van der Waals surface area contributed by atoms with Crippen LogP contribution in [0.3, 0.4) is 0 Å². The summed E-state index contributed by atoms with van der Waals surface area (Å²) in [5.41, 5.74) is 2.92. The summed E-state index contributed by atoms with van der Waals surface area (Å²) in [7, 11) is 0. The fourth-order valence-electron chi connectivity index (χ4n) is 2.64. The third kappa shape index (κ3) is 2.71. The smallest absolute Gasteiger partial charge is 0.323 e. The Bertz CT molecular complexity index is 932. The Morgan fingerprint density at radius 2 is 2.04 bits per heavy atom. The molecule has 2 heterocycles. The quantitative estimate of drug-likeness (QED) is 0.794. The Kier molecular flexibility index (Phi) is 3.99. The fourth-order valence-corrected chi connectivity index (χ4v) is 2.64. The number of carboxylic acid groups (broad SMARTS) is 1. The molecule has 24 heavy (non-hydrogen) atoms. The standard InChI is InChI=1S/C17H16N4O3/c1-11-5-3-4-6-13(11)16-17(21(12(2)22)10-15(23)24)20-8-7-18-9-14(20)19-16/h3-9H,10H2,1-2H3,(H,23,24). The van der Waals surface area contributed by atoms with Gasteiger partial charge in [0.1, 0.15) is 18.1 Å². The number of imidazole rings is 1. The van der Waals surface area contributed by atoms with Gasteiger partial charge in [-0.15, -0.1) is 0 Å². The predicted octanol–water partition coefficient (Wildman–Crippen LogP) is 2.14. The molecule has 0 unspecified atom stereocenters. The van der Waals surface area contributed by atoms with E-state index in [1.54, 1.807) is 23.0 Å². The van der Waals surface area contributed by atoms with E-state index >= 15 is 0 Å². The van der Waals surface area contributed by atoms with Crippen molar-refractivity contribution in [1.82, 2.24) is 14.4 Å². The molecule has 0 atom stereocenters. The van der Waals surface area contributed by atoms with Crippen LogP contribution in [-0.2, 0) is 9.59 Å². The highest BCUT2D eigenvalue weighted by Crippen LogP contribution is 2.33. The SMILES string of the molecule is CC(=O)N(CC(=O)O)c1c(-c2ccccc2C)nc2cnccn12. The molecule has 7 heteroatoms. The van der Waals surface area contributed by atoms with Crippen molar-refractivity contribution in [2.75, 3.05) is 11.4 Å². The molecule has 0 saturated carbocycles. The van der Waals surface area contributed by atoms with Crippen molar-refractivity contribution < 1.29 is 14.7 Å². The van der Waals surface area contributed by atoms with Gasteiger partial charge >= 0.3 is 5.97 Å². The molecule has 0 saturated heterocycles. The number of carboxylic acids is 1. The van der Waals surface area contributed by atoms with Crippen molar-refractivity contribution in [3.05, 3.63) is 48.4 Å². The first-order valence-electron chi connectivity index (χ1n) is 7.37. The molecule has 3 aromatic rings. The molecule has 0 aliphatic carbocycles. The first-order valence-corrected chi connectivity index (χ1v) is 7.37. The number of rotatable bonds is 4. The third-order valence-electron chi connectivity index (χ3n) is 3.73. The second kappa shape index (κ2) is 6.11. The van der Waals surface area contributed by atoms with Crippen LogP contribution < -0.4 is 4.90 Å². The maximum absolute atomic E-state index is 12.1. The summed E-state index contributed by atoms with van der Waals surface area (Å²) < 4.78 is 1.68. The average molecular weight is 324 g/mol. The lowest BCUT2D eigenvalue weighted by Crippen LogP contribution is -2.35. The van der Waals surface area contributed by atoms with Crippen LogP contribution in [-0.4, -0.2) is 37.9 Å². The molecule has 0 aliphatic rings. The maximum atomic E-state index is 12.1. The number of nitrogens with zero attached hydrogens (tertiary/aromatic N) is 4. The molecule has 0 spiro atoms. The van der Waals surface area contributed by atoms with E-state index in [1.807, 2.05) is 31.2 Å². The fraction of sp³-hybridized carbons (Fsp3) is 0.176. The Hall–Kier alpha value is -3.22. The van der Waals surface area contributed by atoms with Crippen molar-refractivity contribution in [3.63, 3.8) is 0 Å². The van der Waals surface area contributed by atoms with Crippen molar-refractivity contribution in [2.45, 2.75) is 13.8 Å². The number of hydrogen-bond donors (Lipinski definition) is 1. The first kappa shape index (κ1) is 15.7. The van der Waals surface area contributed by atoms with E-state index in [0.717, 1.165) is 11.1 Å². The van der Waals surface area contributed by atoms with E-state index in [0.29, 0.717) is 17.2 Å². The van der Waals surface area contributed by atoms with Crippen molar-refractivity contribution in [3.8, 4) is 11.3 Å². The molecule has 7 nitrogen and oxygen atoms in total. The van der Waals surface area contributed by atoms with Gasteiger partial charge in [0, 0.05) is 24.9 Å². The number of aliphatic carboxylic acids is 1. The summed E-state index contributed by atoms with van der Waals surface area (Å²) in [5.74, 6) is -1.03. The van der Waals surface area contributed by atoms with Gasteiger partial charge < -0.3 is 5.11 Å². The van der Waals surface area contributed by atoms with Gasteiger partial charge in [-0.3, -0.25) is 23.9 Å². The summed E-state index contributed by atoms with van der Waals surface area (Å²) >= 11 is 0. The number of amides is 1. The summed E-state index contributed by atoms with van der Waals surface area (Å²) in [4.78, 5) is 33.1. The lowest BCUT2D eigenvalue weighted by molar-refractivity contribution is -0.136. The Balaban J connectivity index is 2.32. The number of benzene rings is 1. The molecule has 3 rings (SSSR count). The zero-order valence-electron chi connectivity index (χ0n) is 13.3. The van der Waals surface area contributed by atoms with Crippen LogP contribution in [0.15, 0.2) is 42.9 Å². The number of aromatic nitrogens is 3. The molecule has 2 aromatic heterocycles. The van der Waals surface area contributed by atoms with Crippen LogP contribution in [0.2, 0.25) is 0 Å². The monoisotopic (exact) mass is 324 g/mol. The van der Waals surface area contributed by atoms with Gasteiger partial charge in [-0.1, -0.05) is 24.3 Å². The second-order valence-electron chi connectivity index (χ2n) is 5.40. The van der Waals surface area contributed by atoms with E-state index in [9.17, 15) is 14.7 Å². The summed E-state index contributed by atoms with van der Waals surface area (Å²) in [6.45, 7) is 2.84. The second-order valence-corrected chi connectivity index (χ2v) is 5.40. The molecule has 0 radical (unpaired) electrons. The molecule has 1 aromatic carbocycles. The van der Waals surface area contributed by atoms with Crippen LogP contribution >= 0.6 is 0 Å². The van der Waals surface area contributed by atoms with Gasteiger partial charge in [0.2, 0.25) is 5.91 Å². The minimum atomic E-state index is -1.09. The summed E-state index contributed by atoms with van der Waals surface area (Å²) in [5, 5.41) is 9.18. The lowest BCUT2D eigenvalue weighted by Gasteiger charge is -2.20. The highest BCUT2D eigenvalue weighted by molar-refractivity contribution is 5.99. The Morgan fingerprint density at radius 3 is 2.71 bits per heavy atom. The molecule has 1 N–H and O–H groups in total. The van der Waals surface area contributed by atoms with Crippen LogP contribution in [0.4, 0.5) is 5.82 Å². The molecular weight excluding hydrogens is 308 g/mol. The normalized spacial score (nSPS) is 10.8. The number of fused-ring (bicyclic) bond motifs is 1. The van der Waals surface area contributed by atoms with Gasteiger partial charge in [-0.25, -0.2) is 4.98 Å². The predicted molar refractivity (Wildman–Crippen MR) is 88.8 cm³/mol. The van der Waals surface area contributed by atoms with Gasteiger partial charge in [-0.05, 0) is 12.5 Å². The van der Waals surface area contributed by atoms with Gasteiger partial charge in [0.05, 0.1) is 6.20 Å². The van der Waals surface area contributed by atoms with Crippen molar-refractivity contribution in [1.29, 1.82) is 0 Å². The van der Waals surface area contributed by atoms with Gasteiger partial charge in [0.25, 0.3) is 0 Å². The van der Waals surface area contributed by atoms with Crippen LogP contribution in [0, 0.1) is 6.92 Å². The summed E-state index contributed by atoms with van der Waals surface area (Å²) in [6.07, 6.45) is 4.81. The Labute approximate surface area is 138 Å². The number of carbonyl (C=O) groups excluding carboxylic acids is 1. The van der Waals surface area contributed by atoms with E-state index < -0.39 is 12.5 Å². The van der Waals surface area contributed by atoms with E-state index in [2.05, 4.69) is 9.97 Å². The van der Waals surface area contributed by atoms with Gasteiger partial charge in [-0.2, -0.15) is 0 Å². The van der Waals surface area contributed by atoms with Crippen LogP contribution in [0.25, 0.3) is 16.9 Å². The molecule has 122 valence electrons. The minimum Gasteiger partial charge on any atom is -0.480 e. The largest absolute Gasteiger partial charge is 0.480 e. The van der Waals surface area contributed by atoms with E-state index in [4.69, 9.17) is 0 Å². The zero-order chi connectivity index (χ0) is 17.3. The zero-order valence-corrected chi connectivity index (χ0v) is 13.3. The first-order chi connectivity index (χ1) is 11.5. The van der Waals surface area contributed by atoms with Gasteiger partial charge in [0.15, 0.2) is 5.65 Å². The maximum Gasteiger partial charge on any atom is 0.323 e.